The third-order valence-corrected chi connectivity index (χ3v) is 2.94. The Morgan fingerprint density at radius 3 is 2.35 bits per heavy atom. The highest BCUT2D eigenvalue weighted by Crippen LogP contribution is 2.08. The van der Waals surface area contributed by atoms with Crippen LogP contribution in [0.1, 0.15) is 37.8 Å². The molecule has 1 amide bonds. The molecule has 0 atom stereocenters. The van der Waals surface area contributed by atoms with Gasteiger partial charge in [-0.05, 0) is 30.9 Å². The summed E-state index contributed by atoms with van der Waals surface area (Å²) in [6.45, 7) is 4.16. The van der Waals surface area contributed by atoms with Crippen LogP contribution in [-0.2, 0) is 27.2 Å². The Morgan fingerprint density at radius 1 is 1.10 bits per heavy atom. The molecule has 1 aromatic carbocycles. The van der Waals surface area contributed by atoms with Crippen molar-refractivity contribution in [3.63, 3.8) is 0 Å². The maximum Gasteiger partial charge on any atom is 0.325 e. The van der Waals surface area contributed by atoms with E-state index in [4.69, 9.17) is 4.74 Å². The molecule has 1 aromatic rings. The van der Waals surface area contributed by atoms with Crippen molar-refractivity contribution in [3.8, 4) is 0 Å². The van der Waals surface area contributed by atoms with Gasteiger partial charge in [0.05, 0.1) is 13.0 Å². The van der Waals surface area contributed by atoms with E-state index in [1.165, 1.54) is 18.4 Å². The van der Waals surface area contributed by atoms with Gasteiger partial charge in [0, 0.05) is 0 Å². The number of aryl methyl sites for hydroxylation is 1. The summed E-state index contributed by atoms with van der Waals surface area (Å²) in [4.78, 5) is 22.8. The Balaban J connectivity index is 2.36. The molecule has 20 heavy (non-hydrogen) atoms. The van der Waals surface area contributed by atoms with Crippen LogP contribution in [0.5, 0.6) is 0 Å². The van der Waals surface area contributed by atoms with Gasteiger partial charge < -0.3 is 10.1 Å². The molecule has 0 saturated carbocycles. The van der Waals surface area contributed by atoms with Crippen molar-refractivity contribution >= 4 is 11.9 Å². The predicted molar refractivity (Wildman–Crippen MR) is 78.4 cm³/mol. The van der Waals surface area contributed by atoms with Crippen LogP contribution < -0.4 is 5.32 Å². The van der Waals surface area contributed by atoms with Gasteiger partial charge in [-0.3, -0.25) is 9.59 Å². The summed E-state index contributed by atoms with van der Waals surface area (Å²) in [5.74, 6) is -0.574. The normalized spacial score (nSPS) is 10.1. The van der Waals surface area contributed by atoms with Crippen LogP contribution in [0.3, 0.4) is 0 Å². The summed E-state index contributed by atoms with van der Waals surface area (Å²) in [6.07, 6.45) is 3.72. The van der Waals surface area contributed by atoms with Crippen LogP contribution >= 0.6 is 0 Å². The number of unbranched alkanes of at least 4 members (excludes halogenated alkanes) is 1. The lowest BCUT2D eigenvalue weighted by Gasteiger charge is -2.06. The molecule has 0 heterocycles. The zero-order valence-electron chi connectivity index (χ0n) is 12.3. The third kappa shape index (κ3) is 6.36. The lowest BCUT2D eigenvalue weighted by Crippen LogP contribution is -2.31. The average Bonchev–Trinajstić information content (AvgIpc) is 2.45. The van der Waals surface area contributed by atoms with E-state index in [1.54, 1.807) is 6.92 Å². The standard InChI is InChI=1S/C16H23NO3/c1-3-5-6-13-7-9-14(10-8-13)11-15(18)17-12-16(19)20-4-2/h7-10H,3-6,11-12H2,1-2H3,(H,17,18). The third-order valence-electron chi connectivity index (χ3n) is 2.94. The molecule has 0 aliphatic carbocycles. The highest BCUT2D eigenvalue weighted by Gasteiger charge is 2.06. The first-order chi connectivity index (χ1) is 9.65. The summed E-state index contributed by atoms with van der Waals surface area (Å²) < 4.78 is 4.74. The monoisotopic (exact) mass is 277 g/mol. The molecular weight excluding hydrogens is 254 g/mol. The van der Waals surface area contributed by atoms with Crippen molar-refractivity contribution in [1.29, 1.82) is 0 Å². The molecular formula is C16H23NO3. The van der Waals surface area contributed by atoms with Crippen molar-refractivity contribution in [2.75, 3.05) is 13.2 Å². The maximum atomic E-state index is 11.7. The van der Waals surface area contributed by atoms with Gasteiger partial charge in [-0.25, -0.2) is 0 Å². The zero-order valence-corrected chi connectivity index (χ0v) is 12.3. The summed E-state index contributed by atoms with van der Waals surface area (Å²) in [5.41, 5.74) is 2.24. The van der Waals surface area contributed by atoms with E-state index < -0.39 is 5.97 Å². The Morgan fingerprint density at radius 2 is 1.75 bits per heavy atom. The highest BCUT2D eigenvalue weighted by atomic mass is 16.5. The molecule has 4 heteroatoms. The summed E-state index contributed by atoms with van der Waals surface area (Å²) in [7, 11) is 0. The molecule has 0 unspecified atom stereocenters. The molecule has 0 aliphatic rings. The van der Waals surface area contributed by atoms with E-state index in [-0.39, 0.29) is 18.9 Å². The number of ether oxygens (including phenoxy) is 1. The lowest BCUT2D eigenvalue weighted by molar-refractivity contribution is -0.143. The van der Waals surface area contributed by atoms with Crippen LogP contribution in [0.4, 0.5) is 0 Å². The number of nitrogens with one attached hydrogen (secondary N) is 1. The first-order valence-electron chi connectivity index (χ1n) is 7.15. The van der Waals surface area contributed by atoms with Crippen LogP contribution in [0.15, 0.2) is 24.3 Å². The van der Waals surface area contributed by atoms with Gasteiger partial charge in [0.25, 0.3) is 0 Å². The van der Waals surface area contributed by atoms with E-state index in [9.17, 15) is 9.59 Å². The molecule has 1 rings (SSSR count). The highest BCUT2D eigenvalue weighted by molar-refractivity contribution is 5.83. The molecule has 0 bridgehead atoms. The molecule has 0 aromatic heterocycles. The molecule has 0 radical (unpaired) electrons. The van der Waals surface area contributed by atoms with Crippen molar-refractivity contribution in [3.05, 3.63) is 35.4 Å². The number of carbonyl (C=O) groups excluding carboxylic acids is 2. The van der Waals surface area contributed by atoms with Gasteiger partial charge in [0.1, 0.15) is 6.54 Å². The minimum absolute atomic E-state index is 0.0682. The molecule has 0 fully saturated rings. The van der Waals surface area contributed by atoms with E-state index in [0.29, 0.717) is 6.61 Å². The van der Waals surface area contributed by atoms with Crippen molar-refractivity contribution in [1.82, 2.24) is 5.32 Å². The SMILES string of the molecule is CCCCc1ccc(CC(=O)NCC(=O)OCC)cc1. The van der Waals surface area contributed by atoms with Crippen molar-refractivity contribution < 1.29 is 14.3 Å². The quantitative estimate of drug-likeness (QED) is 0.741. The average molecular weight is 277 g/mol. The molecule has 0 spiro atoms. The first kappa shape index (κ1) is 16.2. The number of hydrogen-bond acceptors (Lipinski definition) is 3. The summed E-state index contributed by atoms with van der Waals surface area (Å²) >= 11 is 0. The van der Waals surface area contributed by atoms with E-state index in [2.05, 4.69) is 24.4 Å². The molecule has 0 aliphatic heterocycles. The fraction of sp³-hybridized carbons (Fsp3) is 0.500. The number of rotatable bonds is 8. The smallest absolute Gasteiger partial charge is 0.325 e. The minimum Gasteiger partial charge on any atom is -0.465 e. The summed E-state index contributed by atoms with van der Waals surface area (Å²) in [6, 6.07) is 8.05. The van der Waals surface area contributed by atoms with Gasteiger partial charge >= 0.3 is 5.97 Å². The van der Waals surface area contributed by atoms with Gasteiger partial charge in [-0.15, -0.1) is 0 Å². The van der Waals surface area contributed by atoms with Gasteiger partial charge in [0.15, 0.2) is 0 Å². The Kier molecular flexibility index (Phi) is 7.40. The second kappa shape index (κ2) is 9.13. The van der Waals surface area contributed by atoms with E-state index >= 15 is 0 Å². The van der Waals surface area contributed by atoms with E-state index in [0.717, 1.165) is 12.0 Å². The number of hydrogen-bond donors (Lipinski definition) is 1. The zero-order chi connectivity index (χ0) is 14.8. The van der Waals surface area contributed by atoms with Gasteiger partial charge in [0.2, 0.25) is 5.91 Å². The first-order valence-corrected chi connectivity index (χ1v) is 7.15. The van der Waals surface area contributed by atoms with Crippen molar-refractivity contribution in [2.24, 2.45) is 0 Å². The molecule has 4 nitrogen and oxygen atoms in total. The minimum atomic E-state index is -0.407. The summed E-state index contributed by atoms with van der Waals surface area (Å²) in [5, 5.41) is 2.55. The Labute approximate surface area is 120 Å². The van der Waals surface area contributed by atoms with Crippen LogP contribution in [0, 0.1) is 0 Å². The second-order valence-corrected chi connectivity index (χ2v) is 4.68. The predicted octanol–water partition coefficient (Wildman–Crippen LogP) is 2.25. The van der Waals surface area contributed by atoms with Gasteiger partial charge in [-0.1, -0.05) is 37.6 Å². The molecule has 110 valence electrons. The largest absolute Gasteiger partial charge is 0.465 e. The number of carbonyl (C=O) groups is 2. The van der Waals surface area contributed by atoms with Gasteiger partial charge in [-0.2, -0.15) is 0 Å². The molecule has 0 saturated heterocycles. The maximum absolute atomic E-state index is 11.7. The van der Waals surface area contributed by atoms with Crippen LogP contribution in [0.2, 0.25) is 0 Å². The Hall–Kier alpha value is -1.84. The number of benzene rings is 1. The number of esters is 1. The molecule has 1 N–H and O–H groups in total. The Bertz CT molecular complexity index is 426. The second-order valence-electron chi connectivity index (χ2n) is 4.68. The topological polar surface area (TPSA) is 55.4 Å². The number of amides is 1. The van der Waals surface area contributed by atoms with Crippen LogP contribution in [-0.4, -0.2) is 25.0 Å². The fourth-order valence-electron chi connectivity index (χ4n) is 1.84. The fourth-order valence-corrected chi connectivity index (χ4v) is 1.84. The van der Waals surface area contributed by atoms with Crippen molar-refractivity contribution in [2.45, 2.75) is 39.5 Å². The van der Waals surface area contributed by atoms with Crippen LogP contribution in [0.25, 0.3) is 0 Å². The van der Waals surface area contributed by atoms with E-state index in [1.807, 2.05) is 12.1 Å². The lowest BCUT2D eigenvalue weighted by atomic mass is 10.0.